The third-order valence-electron chi connectivity index (χ3n) is 7.91. The summed E-state index contributed by atoms with van der Waals surface area (Å²) in [4.78, 5) is 56.1. The summed E-state index contributed by atoms with van der Waals surface area (Å²) in [5.41, 5.74) is -5.05. The molecule has 2 aromatic rings. The Morgan fingerprint density at radius 1 is 0.722 bits per heavy atom. The molecule has 14 nitrogen and oxygen atoms in total. The third-order valence-corrected chi connectivity index (χ3v) is 7.91. The van der Waals surface area contributed by atoms with Gasteiger partial charge < -0.3 is 37.5 Å². The van der Waals surface area contributed by atoms with Crippen LogP contribution in [0.4, 0.5) is 0 Å². The van der Waals surface area contributed by atoms with Crippen molar-refractivity contribution in [2.45, 2.75) is 37.6 Å². The zero-order valence-corrected chi connectivity index (χ0v) is 19.9. The van der Waals surface area contributed by atoms with Gasteiger partial charge in [0, 0.05) is 14.2 Å². The predicted molar refractivity (Wildman–Crippen MR) is 107 cm³/mol. The Hall–Kier alpha value is -3.46. The number of esters is 2. The van der Waals surface area contributed by atoms with Crippen LogP contribution in [0.5, 0.6) is 0 Å². The maximum atomic E-state index is 14.1. The highest BCUT2D eigenvalue weighted by Crippen LogP contribution is 2.80. The second kappa shape index (κ2) is 6.64. The lowest BCUT2D eigenvalue weighted by molar-refractivity contribution is -0.297. The number of aryl methyl sites for hydroxylation is 2. The van der Waals surface area contributed by atoms with Crippen LogP contribution in [0, 0.1) is 24.7 Å². The summed E-state index contributed by atoms with van der Waals surface area (Å²) < 4.78 is 45.3. The third kappa shape index (κ3) is 1.80. The number of fused-ring (bicyclic) bond motifs is 13. The van der Waals surface area contributed by atoms with E-state index in [0.29, 0.717) is 0 Å². The van der Waals surface area contributed by atoms with E-state index < -0.39 is 58.1 Å². The average molecular weight is 504 g/mol. The number of methoxy groups -OCH3 is 4. The van der Waals surface area contributed by atoms with E-state index in [1.807, 2.05) is 0 Å². The molecule has 0 aromatic carbocycles. The van der Waals surface area contributed by atoms with Crippen LogP contribution >= 0.6 is 0 Å². The van der Waals surface area contributed by atoms with Crippen LogP contribution in [0.3, 0.4) is 0 Å². The van der Waals surface area contributed by atoms with E-state index in [4.69, 9.17) is 37.5 Å². The monoisotopic (exact) mass is 504 g/mol. The van der Waals surface area contributed by atoms with Crippen LogP contribution < -0.4 is 0 Å². The minimum Gasteiger partial charge on any atom is -0.468 e. The van der Waals surface area contributed by atoms with Crippen LogP contribution in [0.1, 0.15) is 43.6 Å². The fourth-order valence-corrected chi connectivity index (χ4v) is 6.82. The van der Waals surface area contributed by atoms with Gasteiger partial charge in [0.25, 0.3) is 0 Å². The summed E-state index contributed by atoms with van der Waals surface area (Å²) in [6.07, 6.45) is -3.75. The number of hydrogen-bond donors (Lipinski definition) is 0. The summed E-state index contributed by atoms with van der Waals surface area (Å²) in [5.74, 6) is -9.36. The molecule has 4 aliphatic rings. The Bertz CT molecular complexity index is 1290. The fraction of sp³-hybridized carbons (Fsp3) is 0.545. The molecule has 4 bridgehead atoms. The Morgan fingerprint density at radius 2 is 1.08 bits per heavy atom. The van der Waals surface area contributed by atoms with Crippen LogP contribution in [-0.4, -0.2) is 74.5 Å². The Balaban J connectivity index is 1.90. The molecule has 0 spiro atoms. The van der Waals surface area contributed by atoms with Gasteiger partial charge in [0.2, 0.25) is 34.7 Å². The van der Waals surface area contributed by atoms with E-state index >= 15 is 0 Å². The molecule has 2 aromatic heterocycles. The van der Waals surface area contributed by atoms with Gasteiger partial charge in [-0.1, -0.05) is 10.3 Å². The molecule has 0 saturated carbocycles. The van der Waals surface area contributed by atoms with Gasteiger partial charge in [-0.15, -0.1) is 0 Å². The van der Waals surface area contributed by atoms with E-state index in [-0.39, 0.29) is 34.0 Å². The van der Waals surface area contributed by atoms with Gasteiger partial charge in [-0.05, 0) is 13.8 Å². The van der Waals surface area contributed by atoms with Crippen LogP contribution in [-0.2, 0) is 49.6 Å². The SMILES string of the molecule is COC(=O)[C@]12[C@@H]3O[C@@](OC)(c4c(C)noc4C3=O)[C@@]1(C(=O)OC)[C@@H]1O[C@@]2(OC)c2c(C)noc2C1=O. The summed E-state index contributed by atoms with van der Waals surface area (Å²) in [5, 5.41) is 7.71. The van der Waals surface area contributed by atoms with Crippen molar-refractivity contribution in [1.82, 2.24) is 10.3 Å². The molecular formula is C22H20N2O12. The number of hydrogen-bond acceptors (Lipinski definition) is 14. The average Bonchev–Trinajstić information content (AvgIpc) is 3.59. The van der Waals surface area contributed by atoms with Crippen molar-refractivity contribution in [2.75, 3.05) is 28.4 Å². The van der Waals surface area contributed by atoms with Crippen molar-refractivity contribution in [3.63, 3.8) is 0 Å². The van der Waals surface area contributed by atoms with Gasteiger partial charge in [-0.2, -0.15) is 0 Å². The zero-order valence-electron chi connectivity index (χ0n) is 19.9. The van der Waals surface area contributed by atoms with Crippen molar-refractivity contribution in [1.29, 1.82) is 0 Å². The summed E-state index contributed by atoms with van der Waals surface area (Å²) in [7, 11) is 4.45. The molecule has 190 valence electrons. The standard InChI is InChI=1S/C22H20N2O12/c1-7-9-13(35-23-7)11(25)15-20(18(28)30-4)19(17(27)29-3,21(9,31-5)33-15)16-12(26)14-10(8(2)24-36-14)22(20,32-6)34-16/h15-16H,1-6H3/t15-,16-,19-,20-,21+,22+/m1/s1. The number of nitrogens with zero attached hydrogens (tertiary/aromatic N) is 2. The molecule has 0 radical (unpaired) electrons. The molecular weight excluding hydrogens is 484 g/mol. The summed E-state index contributed by atoms with van der Waals surface area (Å²) >= 11 is 0. The highest BCUT2D eigenvalue weighted by molar-refractivity contribution is 6.13. The van der Waals surface area contributed by atoms with Gasteiger partial charge in [-0.25, -0.2) is 0 Å². The predicted octanol–water partition coefficient (Wildman–Crippen LogP) is 0.0870. The second-order valence-electron chi connectivity index (χ2n) is 8.91. The molecule has 36 heavy (non-hydrogen) atoms. The van der Waals surface area contributed by atoms with Crippen molar-refractivity contribution in [3.05, 3.63) is 34.0 Å². The number of aromatic nitrogens is 2. The topological polar surface area (TPSA) is 176 Å². The quantitative estimate of drug-likeness (QED) is 0.512. The molecule has 4 aliphatic heterocycles. The lowest BCUT2D eigenvalue weighted by atomic mass is 9.54. The maximum absolute atomic E-state index is 14.1. The van der Waals surface area contributed by atoms with Crippen LogP contribution in [0.25, 0.3) is 0 Å². The van der Waals surface area contributed by atoms with E-state index in [9.17, 15) is 19.2 Å². The molecule has 6 rings (SSSR count). The molecule has 14 heteroatoms. The first kappa shape index (κ1) is 23.0. The molecule has 6 heterocycles. The fourth-order valence-electron chi connectivity index (χ4n) is 6.82. The molecule has 6 atom stereocenters. The molecule has 2 saturated heterocycles. The maximum Gasteiger partial charge on any atom is 0.322 e. The highest BCUT2D eigenvalue weighted by Gasteiger charge is 3.00. The molecule has 2 fully saturated rings. The molecule has 0 aliphatic carbocycles. The van der Waals surface area contributed by atoms with Crippen LogP contribution in [0.2, 0.25) is 0 Å². The first-order chi connectivity index (χ1) is 17.1. The van der Waals surface area contributed by atoms with Crippen molar-refractivity contribution < 1.29 is 56.6 Å². The van der Waals surface area contributed by atoms with E-state index in [0.717, 1.165) is 14.2 Å². The number of rotatable bonds is 4. The van der Waals surface area contributed by atoms with Gasteiger partial charge >= 0.3 is 11.9 Å². The largest absolute Gasteiger partial charge is 0.468 e. The second-order valence-corrected chi connectivity index (χ2v) is 8.91. The minimum absolute atomic E-state index is 0.0934. The first-order valence-electron chi connectivity index (χ1n) is 10.8. The molecule has 0 amide bonds. The van der Waals surface area contributed by atoms with E-state index in [1.165, 1.54) is 28.1 Å². The summed E-state index contributed by atoms with van der Waals surface area (Å²) in [6.45, 7) is 2.97. The Morgan fingerprint density at radius 3 is 1.39 bits per heavy atom. The highest BCUT2D eigenvalue weighted by atomic mass is 16.8. The number of ketones is 2. The van der Waals surface area contributed by atoms with Crippen molar-refractivity contribution in [2.24, 2.45) is 10.8 Å². The van der Waals surface area contributed by atoms with E-state index in [2.05, 4.69) is 10.3 Å². The van der Waals surface area contributed by atoms with E-state index in [1.54, 1.807) is 0 Å². The van der Waals surface area contributed by atoms with Gasteiger partial charge in [-0.3, -0.25) is 19.2 Å². The number of ether oxygens (including phenoxy) is 6. The lowest BCUT2D eigenvalue weighted by Crippen LogP contribution is -2.66. The van der Waals surface area contributed by atoms with Crippen LogP contribution in [0.15, 0.2) is 9.05 Å². The first-order valence-corrected chi connectivity index (χ1v) is 10.8. The molecule has 0 unspecified atom stereocenters. The smallest absolute Gasteiger partial charge is 0.322 e. The van der Waals surface area contributed by atoms with Crippen molar-refractivity contribution >= 4 is 23.5 Å². The zero-order chi connectivity index (χ0) is 26.0. The normalized spacial score (nSPS) is 37.4. The minimum atomic E-state index is -2.54. The number of carbonyl (C=O) groups is 4. The number of carbonyl (C=O) groups excluding carboxylic acids is 4. The van der Waals surface area contributed by atoms with Gasteiger partial charge in [0.1, 0.15) is 0 Å². The van der Waals surface area contributed by atoms with Crippen molar-refractivity contribution in [3.8, 4) is 0 Å². The Kier molecular flexibility index (Phi) is 4.24. The lowest BCUT2D eigenvalue weighted by Gasteiger charge is -2.44. The Labute approximate surface area is 202 Å². The molecule has 0 N–H and O–H groups in total. The number of Topliss-reactive ketones (excluding diaryl/α,β-unsaturated/α-hetero) is 2. The van der Waals surface area contributed by atoms with Gasteiger partial charge in [0.15, 0.2) is 23.0 Å². The van der Waals surface area contributed by atoms with Gasteiger partial charge in [0.05, 0.1) is 36.7 Å². The summed E-state index contributed by atoms with van der Waals surface area (Å²) in [6, 6.07) is 0.